The predicted octanol–water partition coefficient (Wildman–Crippen LogP) is 3.84. The first kappa shape index (κ1) is 15.8. The van der Waals surface area contributed by atoms with E-state index in [2.05, 4.69) is 12.2 Å². The van der Waals surface area contributed by atoms with Crippen LogP contribution in [0.25, 0.3) is 0 Å². The number of benzene rings is 1. The van der Waals surface area contributed by atoms with Gasteiger partial charge in [-0.25, -0.2) is 0 Å². The summed E-state index contributed by atoms with van der Waals surface area (Å²) < 4.78 is 5.64. The van der Waals surface area contributed by atoms with Crippen molar-refractivity contribution in [2.75, 3.05) is 6.61 Å². The zero-order valence-corrected chi connectivity index (χ0v) is 13.9. The lowest BCUT2D eigenvalue weighted by molar-refractivity contribution is -0.124. The van der Waals surface area contributed by atoms with Gasteiger partial charge in [0.1, 0.15) is 0 Å². The minimum Gasteiger partial charge on any atom is -0.378 e. The third-order valence-corrected chi connectivity index (χ3v) is 5.12. The van der Waals surface area contributed by atoms with Crippen LogP contribution in [0.3, 0.4) is 0 Å². The first-order valence-electron chi connectivity index (χ1n) is 8.29. The number of halogens is 1. The van der Waals surface area contributed by atoms with E-state index in [9.17, 15) is 4.79 Å². The Morgan fingerprint density at radius 3 is 2.95 bits per heavy atom. The van der Waals surface area contributed by atoms with E-state index in [4.69, 9.17) is 16.3 Å². The Morgan fingerprint density at radius 1 is 1.50 bits per heavy atom. The predicted molar refractivity (Wildman–Crippen MR) is 88.2 cm³/mol. The first-order chi connectivity index (χ1) is 10.6. The van der Waals surface area contributed by atoms with Gasteiger partial charge in [-0.2, -0.15) is 0 Å². The molecule has 1 aromatic carbocycles. The molecule has 2 fully saturated rings. The number of amides is 1. The van der Waals surface area contributed by atoms with Crippen LogP contribution >= 0.6 is 11.6 Å². The fourth-order valence-electron chi connectivity index (χ4n) is 3.30. The van der Waals surface area contributed by atoms with Crippen molar-refractivity contribution in [3.05, 3.63) is 34.9 Å². The molecule has 1 aliphatic heterocycles. The molecule has 2 aliphatic rings. The molecular weight excluding hydrogens is 298 g/mol. The summed E-state index contributed by atoms with van der Waals surface area (Å²) >= 11 is 6.07. The molecular formula is C18H24ClNO2. The molecule has 22 heavy (non-hydrogen) atoms. The number of carbonyl (C=O) groups is 1. The van der Waals surface area contributed by atoms with Gasteiger partial charge in [-0.05, 0) is 63.1 Å². The Kier molecular flexibility index (Phi) is 4.74. The molecule has 1 N–H and O–H groups in total. The van der Waals surface area contributed by atoms with Gasteiger partial charge in [-0.15, -0.1) is 0 Å². The summed E-state index contributed by atoms with van der Waals surface area (Å²) in [5.41, 5.74) is 0.701. The van der Waals surface area contributed by atoms with Gasteiger partial charge in [0.2, 0.25) is 5.91 Å². The Balaban J connectivity index is 1.54. The molecule has 1 aliphatic carbocycles. The summed E-state index contributed by atoms with van der Waals surface area (Å²) in [4.78, 5) is 12.7. The van der Waals surface area contributed by atoms with Gasteiger partial charge in [0.15, 0.2) is 0 Å². The summed E-state index contributed by atoms with van der Waals surface area (Å²) in [6, 6.07) is 7.89. The van der Waals surface area contributed by atoms with Crippen LogP contribution in [0.4, 0.5) is 0 Å². The lowest BCUT2D eigenvalue weighted by Gasteiger charge is -2.21. The molecule has 1 heterocycles. The summed E-state index contributed by atoms with van der Waals surface area (Å²) in [5, 5.41) is 3.88. The molecule has 0 bridgehead atoms. The third kappa shape index (κ3) is 3.47. The number of nitrogens with one attached hydrogen (secondary N) is 1. The summed E-state index contributed by atoms with van der Waals surface area (Å²) in [5.74, 6) is 0.148. The second kappa shape index (κ2) is 6.59. The van der Waals surface area contributed by atoms with Crippen molar-refractivity contribution < 1.29 is 9.53 Å². The van der Waals surface area contributed by atoms with E-state index in [0.717, 1.165) is 44.3 Å². The van der Waals surface area contributed by atoms with E-state index < -0.39 is 0 Å². The van der Waals surface area contributed by atoms with Gasteiger partial charge in [-0.1, -0.05) is 23.7 Å². The minimum absolute atomic E-state index is 0.148. The minimum atomic E-state index is -0.344. The van der Waals surface area contributed by atoms with Crippen LogP contribution in [0, 0.1) is 0 Å². The van der Waals surface area contributed by atoms with Crippen molar-refractivity contribution >= 4 is 17.5 Å². The van der Waals surface area contributed by atoms with E-state index in [-0.39, 0.29) is 17.4 Å². The molecule has 4 heteroatoms. The number of carbonyl (C=O) groups excluding carboxylic acids is 1. The molecule has 0 spiro atoms. The van der Waals surface area contributed by atoms with Gasteiger partial charge >= 0.3 is 0 Å². The van der Waals surface area contributed by atoms with Crippen molar-refractivity contribution in [1.29, 1.82) is 0 Å². The van der Waals surface area contributed by atoms with Gasteiger partial charge in [0.05, 0.1) is 11.5 Å². The fraction of sp³-hybridized carbons (Fsp3) is 0.611. The Labute approximate surface area is 137 Å². The number of hydrogen-bond donors (Lipinski definition) is 1. The normalized spacial score (nSPS) is 24.0. The van der Waals surface area contributed by atoms with E-state index in [1.807, 2.05) is 24.3 Å². The van der Waals surface area contributed by atoms with Crippen LogP contribution in [0.5, 0.6) is 0 Å². The maximum absolute atomic E-state index is 12.7. The van der Waals surface area contributed by atoms with E-state index >= 15 is 0 Å². The Morgan fingerprint density at radius 2 is 2.32 bits per heavy atom. The average Bonchev–Trinajstić information content (AvgIpc) is 3.15. The Hall–Kier alpha value is -1.06. The van der Waals surface area contributed by atoms with Crippen LogP contribution in [-0.2, 0) is 14.9 Å². The van der Waals surface area contributed by atoms with Crippen molar-refractivity contribution in [2.45, 2.75) is 63.0 Å². The maximum Gasteiger partial charge on any atom is 0.230 e. The quantitative estimate of drug-likeness (QED) is 0.864. The molecule has 2 atom stereocenters. The standard InChI is InChI=1S/C18H24ClNO2/c1-13(7-8-16-6-3-11-22-16)20-17(21)18(9-10-18)14-4-2-5-15(19)12-14/h2,4-5,12-13,16H,3,6-11H2,1H3,(H,20,21)/t13-,16+/m0/s1. The van der Waals surface area contributed by atoms with Crippen LogP contribution in [0.2, 0.25) is 5.02 Å². The lowest BCUT2D eigenvalue weighted by atomic mass is 9.94. The molecule has 0 unspecified atom stereocenters. The molecule has 1 saturated heterocycles. The monoisotopic (exact) mass is 321 g/mol. The van der Waals surface area contributed by atoms with E-state index in [1.54, 1.807) is 0 Å². The molecule has 3 rings (SSSR count). The van der Waals surface area contributed by atoms with Crippen molar-refractivity contribution in [3.63, 3.8) is 0 Å². The highest BCUT2D eigenvalue weighted by atomic mass is 35.5. The molecule has 0 aromatic heterocycles. The maximum atomic E-state index is 12.7. The third-order valence-electron chi connectivity index (χ3n) is 4.88. The largest absolute Gasteiger partial charge is 0.378 e. The van der Waals surface area contributed by atoms with E-state index in [1.165, 1.54) is 6.42 Å². The zero-order valence-electron chi connectivity index (χ0n) is 13.1. The van der Waals surface area contributed by atoms with Gasteiger partial charge in [-0.3, -0.25) is 4.79 Å². The molecule has 0 radical (unpaired) electrons. The molecule has 3 nitrogen and oxygen atoms in total. The number of ether oxygens (including phenoxy) is 1. The van der Waals surface area contributed by atoms with Crippen LogP contribution in [-0.4, -0.2) is 24.7 Å². The summed E-state index contributed by atoms with van der Waals surface area (Å²) in [7, 11) is 0. The SMILES string of the molecule is C[C@@H](CC[C@H]1CCCO1)NC(=O)C1(c2cccc(Cl)c2)CC1. The van der Waals surface area contributed by atoms with Crippen LogP contribution in [0.1, 0.15) is 51.0 Å². The lowest BCUT2D eigenvalue weighted by Crippen LogP contribution is -2.40. The molecule has 1 aromatic rings. The fourth-order valence-corrected chi connectivity index (χ4v) is 3.49. The molecule has 1 amide bonds. The zero-order chi connectivity index (χ0) is 15.6. The second-order valence-corrected chi connectivity index (χ2v) is 7.12. The highest BCUT2D eigenvalue weighted by Gasteiger charge is 2.51. The summed E-state index contributed by atoms with van der Waals surface area (Å²) in [6.07, 6.45) is 6.56. The molecule has 120 valence electrons. The van der Waals surface area contributed by atoms with Crippen molar-refractivity contribution in [1.82, 2.24) is 5.32 Å². The van der Waals surface area contributed by atoms with Crippen molar-refractivity contribution in [2.24, 2.45) is 0 Å². The first-order valence-corrected chi connectivity index (χ1v) is 8.66. The van der Waals surface area contributed by atoms with Crippen molar-refractivity contribution in [3.8, 4) is 0 Å². The topological polar surface area (TPSA) is 38.3 Å². The Bertz CT molecular complexity index is 536. The number of rotatable bonds is 6. The highest BCUT2D eigenvalue weighted by molar-refractivity contribution is 6.30. The highest BCUT2D eigenvalue weighted by Crippen LogP contribution is 2.49. The average molecular weight is 322 g/mol. The summed E-state index contributed by atoms with van der Waals surface area (Å²) in [6.45, 7) is 2.98. The van der Waals surface area contributed by atoms with Gasteiger partial charge < -0.3 is 10.1 Å². The second-order valence-electron chi connectivity index (χ2n) is 6.68. The van der Waals surface area contributed by atoms with E-state index in [0.29, 0.717) is 11.1 Å². The smallest absolute Gasteiger partial charge is 0.230 e. The van der Waals surface area contributed by atoms with Crippen LogP contribution in [0.15, 0.2) is 24.3 Å². The number of hydrogen-bond acceptors (Lipinski definition) is 2. The molecule has 1 saturated carbocycles. The van der Waals surface area contributed by atoms with Gasteiger partial charge in [0, 0.05) is 17.7 Å². The van der Waals surface area contributed by atoms with Gasteiger partial charge in [0.25, 0.3) is 0 Å². The van der Waals surface area contributed by atoms with Crippen LogP contribution < -0.4 is 5.32 Å².